The summed E-state index contributed by atoms with van der Waals surface area (Å²) >= 11 is 0. The third-order valence-electron chi connectivity index (χ3n) is 4.38. The van der Waals surface area contributed by atoms with E-state index in [2.05, 4.69) is 36.1 Å². The van der Waals surface area contributed by atoms with E-state index < -0.39 is 0 Å². The summed E-state index contributed by atoms with van der Waals surface area (Å²) in [6.07, 6.45) is 2.32. The summed E-state index contributed by atoms with van der Waals surface area (Å²) in [4.78, 5) is 2.55. The molecule has 2 N–H and O–H groups in total. The second-order valence-electron chi connectivity index (χ2n) is 5.49. The predicted octanol–water partition coefficient (Wildman–Crippen LogP) is 1.72. The largest absolute Gasteiger partial charge is 0.379 e. The zero-order valence-electron chi connectivity index (χ0n) is 11.0. The van der Waals surface area contributed by atoms with Crippen LogP contribution >= 0.6 is 0 Å². The van der Waals surface area contributed by atoms with Gasteiger partial charge < -0.3 is 10.5 Å². The van der Waals surface area contributed by atoms with Gasteiger partial charge in [-0.1, -0.05) is 24.3 Å². The first-order valence-electron chi connectivity index (χ1n) is 6.94. The van der Waals surface area contributed by atoms with Crippen LogP contribution in [0.3, 0.4) is 0 Å². The molecule has 1 heterocycles. The lowest BCUT2D eigenvalue weighted by Gasteiger charge is -2.44. The molecule has 1 aliphatic carbocycles. The molecule has 18 heavy (non-hydrogen) atoms. The molecule has 3 heteroatoms. The molecule has 1 aliphatic heterocycles. The maximum Gasteiger partial charge on any atom is 0.0619 e. The molecule has 2 aliphatic rings. The monoisotopic (exact) mass is 246 g/mol. The van der Waals surface area contributed by atoms with Crippen LogP contribution in [0.5, 0.6) is 0 Å². The topological polar surface area (TPSA) is 38.5 Å². The molecule has 1 saturated heterocycles. The lowest BCUT2D eigenvalue weighted by molar-refractivity contribution is -0.0304. The predicted molar refractivity (Wildman–Crippen MR) is 72.5 cm³/mol. The van der Waals surface area contributed by atoms with Crippen LogP contribution in [-0.4, -0.2) is 36.7 Å². The Morgan fingerprint density at radius 1 is 1.33 bits per heavy atom. The summed E-state index contributed by atoms with van der Waals surface area (Å²) in [6, 6.07) is 9.73. The minimum atomic E-state index is 0.149. The fraction of sp³-hybridized carbons (Fsp3) is 0.600. The minimum Gasteiger partial charge on any atom is -0.379 e. The summed E-state index contributed by atoms with van der Waals surface area (Å²) in [5, 5.41) is 0. The Kier molecular flexibility index (Phi) is 3.37. The Morgan fingerprint density at radius 2 is 2.17 bits per heavy atom. The number of rotatable bonds is 1. The van der Waals surface area contributed by atoms with E-state index in [1.807, 2.05) is 0 Å². The van der Waals surface area contributed by atoms with Crippen LogP contribution in [0.2, 0.25) is 0 Å². The van der Waals surface area contributed by atoms with Gasteiger partial charge in [-0.3, -0.25) is 4.90 Å². The van der Waals surface area contributed by atoms with Gasteiger partial charge in [-0.2, -0.15) is 0 Å². The standard InChI is InChI=1S/C15H22N2O/c1-11-10-18-9-8-17(11)14-7-6-12-4-2-3-5-13(12)15(14)16/h2-5,11,14-15H,6-10,16H2,1H3. The molecule has 1 fully saturated rings. The number of fused-ring (bicyclic) bond motifs is 1. The highest BCUT2D eigenvalue weighted by Gasteiger charge is 2.34. The number of hydrogen-bond donors (Lipinski definition) is 1. The number of nitrogens with zero attached hydrogens (tertiary/aromatic N) is 1. The first-order chi connectivity index (χ1) is 8.77. The van der Waals surface area contributed by atoms with E-state index in [-0.39, 0.29) is 6.04 Å². The van der Waals surface area contributed by atoms with Gasteiger partial charge in [0.15, 0.2) is 0 Å². The Hall–Kier alpha value is -0.900. The van der Waals surface area contributed by atoms with Crippen LogP contribution in [0.25, 0.3) is 0 Å². The van der Waals surface area contributed by atoms with Crippen molar-refractivity contribution in [3.8, 4) is 0 Å². The molecular formula is C15H22N2O. The highest BCUT2D eigenvalue weighted by molar-refractivity contribution is 5.33. The van der Waals surface area contributed by atoms with Gasteiger partial charge in [0.25, 0.3) is 0 Å². The number of nitrogens with two attached hydrogens (primary N) is 1. The van der Waals surface area contributed by atoms with Crippen molar-refractivity contribution in [2.75, 3.05) is 19.8 Å². The number of ether oxygens (including phenoxy) is 1. The molecule has 0 aromatic heterocycles. The van der Waals surface area contributed by atoms with Gasteiger partial charge in [0, 0.05) is 24.7 Å². The molecule has 0 spiro atoms. The first-order valence-corrected chi connectivity index (χ1v) is 6.94. The van der Waals surface area contributed by atoms with Crippen molar-refractivity contribution in [2.24, 2.45) is 5.73 Å². The molecule has 1 aromatic carbocycles. The second kappa shape index (κ2) is 5.00. The molecule has 3 atom stereocenters. The second-order valence-corrected chi connectivity index (χ2v) is 5.49. The fourth-order valence-electron chi connectivity index (χ4n) is 3.38. The van der Waals surface area contributed by atoms with Gasteiger partial charge in [0.1, 0.15) is 0 Å². The van der Waals surface area contributed by atoms with Crippen LogP contribution in [0.1, 0.15) is 30.5 Å². The molecule has 1 aromatic rings. The van der Waals surface area contributed by atoms with E-state index in [0.717, 1.165) is 26.2 Å². The van der Waals surface area contributed by atoms with Crippen molar-refractivity contribution in [1.29, 1.82) is 0 Å². The average Bonchev–Trinajstić information content (AvgIpc) is 2.41. The molecule has 3 rings (SSSR count). The molecule has 0 amide bonds. The molecule has 0 bridgehead atoms. The Labute approximate surface area is 109 Å². The number of benzene rings is 1. The Morgan fingerprint density at radius 3 is 3.00 bits per heavy atom. The van der Waals surface area contributed by atoms with Gasteiger partial charge in [0.05, 0.1) is 13.2 Å². The first kappa shape index (κ1) is 12.2. The van der Waals surface area contributed by atoms with Crippen molar-refractivity contribution in [2.45, 2.75) is 37.9 Å². The van der Waals surface area contributed by atoms with E-state index in [4.69, 9.17) is 10.5 Å². The number of aryl methyl sites for hydroxylation is 1. The van der Waals surface area contributed by atoms with Crippen LogP contribution < -0.4 is 5.73 Å². The summed E-state index contributed by atoms with van der Waals surface area (Å²) in [6.45, 7) is 4.94. The summed E-state index contributed by atoms with van der Waals surface area (Å²) < 4.78 is 5.53. The molecule has 3 unspecified atom stereocenters. The quantitative estimate of drug-likeness (QED) is 0.820. The highest BCUT2D eigenvalue weighted by Crippen LogP contribution is 2.32. The summed E-state index contributed by atoms with van der Waals surface area (Å²) in [5.74, 6) is 0. The molecule has 0 saturated carbocycles. The molecule has 98 valence electrons. The van der Waals surface area contributed by atoms with Crippen molar-refractivity contribution in [3.63, 3.8) is 0 Å². The maximum atomic E-state index is 6.50. The van der Waals surface area contributed by atoms with Crippen molar-refractivity contribution < 1.29 is 4.74 Å². The van der Waals surface area contributed by atoms with E-state index in [0.29, 0.717) is 12.1 Å². The Balaban J connectivity index is 1.83. The van der Waals surface area contributed by atoms with Crippen molar-refractivity contribution >= 4 is 0 Å². The SMILES string of the molecule is CC1COCCN1C1CCc2ccccc2C1N. The van der Waals surface area contributed by atoms with Crippen LogP contribution in [0.4, 0.5) is 0 Å². The lowest BCUT2D eigenvalue weighted by Crippen LogP contribution is -2.54. The van der Waals surface area contributed by atoms with Crippen molar-refractivity contribution in [3.05, 3.63) is 35.4 Å². The van der Waals surface area contributed by atoms with E-state index in [1.54, 1.807) is 0 Å². The Bertz CT molecular complexity index is 421. The average molecular weight is 246 g/mol. The molecule has 3 nitrogen and oxygen atoms in total. The fourth-order valence-corrected chi connectivity index (χ4v) is 3.38. The number of hydrogen-bond acceptors (Lipinski definition) is 3. The van der Waals surface area contributed by atoms with Crippen LogP contribution in [0.15, 0.2) is 24.3 Å². The van der Waals surface area contributed by atoms with Crippen LogP contribution in [0, 0.1) is 0 Å². The maximum absolute atomic E-state index is 6.50. The van der Waals surface area contributed by atoms with Gasteiger partial charge in [0.2, 0.25) is 0 Å². The zero-order chi connectivity index (χ0) is 12.5. The molecular weight excluding hydrogens is 224 g/mol. The lowest BCUT2D eigenvalue weighted by atomic mass is 9.83. The van der Waals surface area contributed by atoms with E-state index in [9.17, 15) is 0 Å². The van der Waals surface area contributed by atoms with Crippen LogP contribution in [-0.2, 0) is 11.2 Å². The summed E-state index contributed by atoms with van der Waals surface area (Å²) in [5.41, 5.74) is 9.27. The normalized spacial score (nSPS) is 33.1. The summed E-state index contributed by atoms with van der Waals surface area (Å²) in [7, 11) is 0. The molecule has 0 radical (unpaired) electrons. The third kappa shape index (κ3) is 2.07. The zero-order valence-corrected chi connectivity index (χ0v) is 11.0. The van der Waals surface area contributed by atoms with Gasteiger partial charge in [-0.05, 0) is 30.9 Å². The minimum absolute atomic E-state index is 0.149. The highest BCUT2D eigenvalue weighted by atomic mass is 16.5. The van der Waals surface area contributed by atoms with Gasteiger partial charge in [-0.25, -0.2) is 0 Å². The van der Waals surface area contributed by atoms with E-state index in [1.165, 1.54) is 17.5 Å². The van der Waals surface area contributed by atoms with Gasteiger partial charge in [-0.15, -0.1) is 0 Å². The third-order valence-corrected chi connectivity index (χ3v) is 4.38. The van der Waals surface area contributed by atoms with Crippen molar-refractivity contribution in [1.82, 2.24) is 4.90 Å². The number of morpholine rings is 1. The smallest absolute Gasteiger partial charge is 0.0619 e. The van der Waals surface area contributed by atoms with E-state index >= 15 is 0 Å². The van der Waals surface area contributed by atoms with Gasteiger partial charge >= 0.3 is 0 Å².